The van der Waals surface area contributed by atoms with Crippen LogP contribution in [0, 0.1) is 6.92 Å². The molecule has 2 aromatic carbocycles. The lowest BCUT2D eigenvalue weighted by Crippen LogP contribution is -2.22. The SMILES string of the molecule is Cc1ccccc1CN(C)C(C)c1nc(-c2ccccc2)no1. The summed E-state index contributed by atoms with van der Waals surface area (Å²) in [5.74, 6) is 1.27. The van der Waals surface area contributed by atoms with Gasteiger partial charge in [0.15, 0.2) is 0 Å². The maximum atomic E-state index is 5.47. The lowest BCUT2D eigenvalue weighted by Gasteiger charge is -2.22. The molecule has 0 aliphatic rings. The molecule has 0 aliphatic carbocycles. The monoisotopic (exact) mass is 307 g/mol. The Morgan fingerprint density at radius 3 is 2.48 bits per heavy atom. The normalized spacial score (nSPS) is 12.5. The zero-order valence-electron chi connectivity index (χ0n) is 13.7. The first-order valence-electron chi connectivity index (χ1n) is 7.79. The van der Waals surface area contributed by atoms with Crippen LogP contribution in [0.3, 0.4) is 0 Å². The number of aryl methyl sites for hydroxylation is 1. The standard InChI is InChI=1S/C19H21N3O/c1-14-9-7-8-12-17(14)13-22(3)15(2)19-20-18(21-23-19)16-10-5-4-6-11-16/h4-12,15H,13H2,1-3H3. The van der Waals surface area contributed by atoms with Gasteiger partial charge in [0.05, 0.1) is 6.04 Å². The zero-order valence-corrected chi connectivity index (χ0v) is 13.7. The van der Waals surface area contributed by atoms with Gasteiger partial charge >= 0.3 is 0 Å². The number of rotatable bonds is 5. The summed E-state index contributed by atoms with van der Waals surface area (Å²) in [6, 6.07) is 18.4. The second-order valence-electron chi connectivity index (χ2n) is 5.84. The Labute approximate surface area is 136 Å². The van der Waals surface area contributed by atoms with E-state index in [1.807, 2.05) is 30.3 Å². The minimum Gasteiger partial charge on any atom is -0.337 e. The van der Waals surface area contributed by atoms with E-state index in [0.29, 0.717) is 11.7 Å². The van der Waals surface area contributed by atoms with Crippen molar-refractivity contribution in [3.63, 3.8) is 0 Å². The van der Waals surface area contributed by atoms with E-state index in [1.54, 1.807) is 0 Å². The van der Waals surface area contributed by atoms with Crippen molar-refractivity contribution in [1.82, 2.24) is 15.0 Å². The largest absolute Gasteiger partial charge is 0.337 e. The van der Waals surface area contributed by atoms with Gasteiger partial charge in [-0.15, -0.1) is 0 Å². The number of hydrogen-bond donors (Lipinski definition) is 0. The number of nitrogens with zero attached hydrogens (tertiary/aromatic N) is 3. The molecule has 0 saturated carbocycles. The Hall–Kier alpha value is -2.46. The van der Waals surface area contributed by atoms with Crippen molar-refractivity contribution >= 4 is 0 Å². The molecular formula is C19H21N3O. The fourth-order valence-electron chi connectivity index (χ4n) is 2.49. The van der Waals surface area contributed by atoms with Gasteiger partial charge in [-0.3, -0.25) is 4.90 Å². The summed E-state index contributed by atoms with van der Waals surface area (Å²) in [6.45, 7) is 5.06. The van der Waals surface area contributed by atoms with Gasteiger partial charge in [0, 0.05) is 12.1 Å². The van der Waals surface area contributed by atoms with E-state index in [1.165, 1.54) is 11.1 Å². The van der Waals surface area contributed by atoms with Crippen LogP contribution in [-0.4, -0.2) is 22.1 Å². The minimum absolute atomic E-state index is 0.0552. The van der Waals surface area contributed by atoms with Crippen LogP contribution in [-0.2, 0) is 6.54 Å². The molecule has 0 amide bonds. The summed E-state index contributed by atoms with van der Waals surface area (Å²) >= 11 is 0. The quantitative estimate of drug-likeness (QED) is 0.707. The van der Waals surface area contributed by atoms with Crippen molar-refractivity contribution in [2.45, 2.75) is 26.4 Å². The molecule has 3 rings (SSSR count). The minimum atomic E-state index is 0.0552. The smallest absolute Gasteiger partial charge is 0.244 e. The molecule has 23 heavy (non-hydrogen) atoms. The Bertz CT molecular complexity index is 767. The van der Waals surface area contributed by atoms with E-state index in [-0.39, 0.29) is 6.04 Å². The highest BCUT2D eigenvalue weighted by Crippen LogP contribution is 2.23. The van der Waals surface area contributed by atoms with Crippen LogP contribution in [0.2, 0.25) is 0 Å². The van der Waals surface area contributed by atoms with Gasteiger partial charge in [-0.1, -0.05) is 59.8 Å². The average Bonchev–Trinajstić information content (AvgIpc) is 3.07. The number of hydrogen-bond acceptors (Lipinski definition) is 4. The highest BCUT2D eigenvalue weighted by Gasteiger charge is 2.19. The molecule has 1 heterocycles. The summed E-state index contributed by atoms with van der Waals surface area (Å²) in [6.07, 6.45) is 0. The predicted molar refractivity (Wildman–Crippen MR) is 90.8 cm³/mol. The molecule has 0 aliphatic heterocycles. The fraction of sp³-hybridized carbons (Fsp3) is 0.263. The van der Waals surface area contributed by atoms with E-state index >= 15 is 0 Å². The molecular weight excluding hydrogens is 286 g/mol. The van der Waals surface area contributed by atoms with Gasteiger partial charge in [-0.05, 0) is 32.0 Å². The predicted octanol–water partition coefficient (Wildman–Crippen LogP) is 4.24. The summed E-state index contributed by atoms with van der Waals surface area (Å²) in [7, 11) is 2.07. The molecule has 3 aromatic rings. The summed E-state index contributed by atoms with van der Waals surface area (Å²) in [5.41, 5.74) is 3.57. The van der Waals surface area contributed by atoms with Crippen LogP contribution < -0.4 is 0 Å². The summed E-state index contributed by atoms with van der Waals surface area (Å²) in [4.78, 5) is 6.76. The first-order valence-corrected chi connectivity index (χ1v) is 7.79. The molecule has 4 nitrogen and oxygen atoms in total. The molecule has 0 spiro atoms. The lowest BCUT2D eigenvalue weighted by molar-refractivity contribution is 0.202. The summed E-state index contributed by atoms with van der Waals surface area (Å²) < 4.78 is 5.47. The first-order chi connectivity index (χ1) is 11.1. The highest BCUT2D eigenvalue weighted by atomic mass is 16.5. The van der Waals surface area contributed by atoms with Crippen LogP contribution in [0.5, 0.6) is 0 Å². The Morgan fingerprint density at radius 2 is 1.74 bits per heavy atom. The van der Waals surface area contributed by atoms with E-state index in [4.69, 9.17) is 4.52 Å². The molecule has 1 atom stereocenters. The van der Waals surface area contributed by atoms with E-state index in [0.717, 1.165) is 12.1 Å². The van der Waals surface area contributed by atoms with Crippen LogP contribution in [0.15, 0.2) is 59.1 Å². The number of benzene rings is 2. The van der Waals surface area contributed by atoms with E-state index in [2.05, 4.69) is 60.2 Å². The van der Waals surface area contributed by atoms with Gasteiger partial charge in [-0.25, -0.2) is 0 Å². The molecule has 0 saturated heterocycles. The van der Waals surface area contributed by atoms with Crippen LogP contribution in [0.4, 0.5) is 0 Å². The Balaban J connectivity index is 1.74. The molecule has 1 aromatic heterocycles. The maximum Gasteiger partial charge on any atom is 0.244 e. The van der Waals surface area contributed by atoms with Gasteiger partial charge in [-0.2, -0.15) is 4.98 Å². The van der Waals surface area contributed by atoms with Gasteiger partial charge < -0.3 is 4.52 Å². The first kappa shape index (κ1) is 15.4. The van der Waals surface area contributed by atoms with Crippen LogP contribution in [0.1, 0.15) is 30.0 Å². The van der Waals surface area contributed by atoms with E-state index < -0.39 is 0 Å². The lowest BCUT2D eigenvalue weighted by atomic mass is 10.1. The van der Waals surface area contributed by atoms with Gasteiger partial charge in [0.25, 0.3) is 0 Å². The third-order valence-electron chi connectivity index (χ3n) is 4.17. The van der Waals surface area contributed by atoms with Gasteiger partial charge in [0.1, 0.15) is 0 Å². The van der Waals surface area contributed by atoms with Crippen LogP contribution >= 0.6 is 0 Å². The molecule has 118 valence electrons. The number of aromatic nitrogens is 2. The van der Waals surface area contributed by atoms with Crippen molar-refractivity contribution in [3.8, 4) is 11.4 Å². The van der Waals surface area contributed by atoms with E-state index in [9.17, 15) is 0 Å². The summed E-state index contributed by atoms with van der Waals surface area (Å²) in [5, 5.41) is 4.10. The second-order valence-corrected chi connectivity index (χ2v) is 5.84. The van der Waals surface area contributed by atoms with Crippen molar-refractivity contribution in [2.24, 2.45) is 0 Å². The topological polar surface area (TPSA) is 42.2 Å². The van der Waals surface area contributed by atoms with Gasteiger partial charge in [0.2, 0.25) is 11.7 Å². The second kappa shape index (κ2) is 6.75. The van der Waals surface area contributed by atoms with Crippen molar-refractivity contribution in [2.75, 3.05) is 7.05 Å². The molecule has 4 heteroatoms. The average molecular weight is 307 g/mol. The Morgan fingerprint density at radius 1 is 1.04 bits per heavy atom. The van der Waals surface area contributed by atoms with Crippen molar-refractivity contribution in [3.05, 3.63) is 71.6 Å². The fourth-order valence-corrected chi connectivity index (χ4v) is 2.49. The maximum absolute atomic E-state index is 5.47. The third-order valence-corrected chi connectivity index (χ3v) is 4.17. The van der Waals surface area contributed by atoms with Crippen LogP contribution in [0.25, 0.3) is 11.4 Å². The highest BCUT2D eigenvalue weighted by molar-refractivity contribution is 5.53. The Kier molecular flexibility index (Phi) is 4.53. The molecule has 0 N–H and O–H groups in total. The molecule has 0 fully saturated rings. The van der Waals surface area contributed by atoms with Crippen molar-refractivity contribution < 1.29 is 4.52 Å². The zero-order chi connectivity index (χ0) is 16.2. The molecule has 0 radical (unpaired) electrons. The molecule has 1 unspecified atom stereocenters. The van der Waals surface area contributed by atoms with Crippen molar-refractivity contribution in [1.29, 1.82) is 0 Å². The molecule has 0 bridgehead atoms. The third kappa shape index (κ3) is 3.48.